The Kier molecular flexibility index (Phi) is 3.02. The Morgan fingerprint density at radius 1 is 1.05 bits per heavy atom. The van der Waals surface area contributed by atoms with E-state index in [1.54, 1.807) is 41.3 Å². The van der Waals surface area contributed by atoms with Crippen molar-refractivity contribution in [3.8, 4) is 0 Å². The van der Waals surface area contributed by atoms with Crippen molar-refractivity contribution in [2.45, 2.75) is 11.4 Å². The van der Waals surface area contributed by atoms with Crippen LogP contribution in [0.2, 0.25) is 0 Å². The summed E-state index contributed by atoms with van der Waals surface area (Å²) in [7, 11) is -3.64. The Labute approximate surface area is 116 Å². The van der Waals surface area contributed by atoms with E-state index >= 15 is 0 Å². The van der Waals surface area contributed by atoms with E-state index in [2.05, 4.69) is 4.40 Å². The number of para-hydroxylation sites is 1. The van der Waals surface area contributed by atoms with Gasteiger partial charge in [0.2, 0.25) is 0 Å². The van der Waals surface area contributed by atoms with Gasteiger partial charge in [0.1, 0.15) is 17.1 Å². The average Bonchev–Trinajstić information content (AvgIpc) is 2.44. The zero-order valence-corrected chi connectivity index (χ0v) is 11.2. The molecule has 0 saturated carbocycles. The summed E-state index contributed by atoms with van der Waals surface area (Å²) in [5, 5.41) is 0. The van der Waals surface area contributed by atoms with Gasteiger partial charge in [-0.3, -0.25) is 0 Å². The van der Waals surface area contributed by atoms with Crippen molar-refractivity contribution in [3.63, 3.8) is 0 Å². The standard InChI is InChI=1S/C14H11FN2O2S/c15-12-6-2-1-5-11(12)9-17-10-16-20(18,19)14-8-4-3-7-13(14)17/h1-8,10H,9H2. The highest BCUT2D eigenvalue weighted by atomic mass is 32.2. The van der Waals surface area contributed by atoms with Gasteiger partial charge in [-0.1, -0.05) is 30.3 Å². The third kappa shape index (κ3) is 2.18. The van der Waals surface area contributed by atoms with Crippen LogP contribution in [0.3, 0.4) is 0 Å². The number of hydrogen-bond acceptors (Lipinski definition) is 3. The quantitative estimate of drug-likeness (QED) is 0.854. The van der Waals surface area contributed by atoms with Crippen LogP contribution in [-0.4, -0.2) is 14.8 Å². The minimum absolute atomic E-state index is 0.138. The number of anilines is 1. The molecule has 3 rings (SSSR count). The Morgan fingerprint density at radius 2 is 1.75 bits per heavy atom. The lowest BCUT2D eigenvalue weighted by Crippen LogP contribution is -2.27. The molecule has 2 aromatic rings. The van der Waals surface area contributed by atoms with Gasteiger partial charge < -0.3 is 4.90 Å². The fourth-order valence-corrected chi connectivity index (χ4v) is 3.14. The highest BCUT2D eigenvalue weighted by Gasteiger charge is 2.25. The van der Waals surface area contributed by atoms with E-state index in [1.165, 1.54) is 18.5 Å². The first-order valence-corrected chi connectivity index (χ1v) is 7.41. The van der Waals surface area contributed by atoms with Crippen LogP contribution in [0.25, 0.3) is 0 Å². The second-order valence-electron chi connectivity index (χ2n) is 4.38. The molecule has 0 aliphatic carbocycles. The molecule has 0 unspecified atom stereocenters. The van der Waals surface area contributed by atoms with Crippen LogP contribution >= 0.6 is 0 Å². The summed E-state index contributed by atoms with van der Waals surface area (Å²) in [5.41, 5.74) is 0.985. The molecule has 0 amide bonds. The second-order valence-corrected chi connectivity index (χ2v) is 5.98. The molecule has 1 heterocycles. The van der Waals surface area contributed by atoms with Gasteiger partial charge in [-0.15, -0.1) is 4.40 Å². The fourth-order valence-electron chi connectivity index (χ4n) is 2.09. The molecule has 4 nitrogen and oxygen atoms in total. The third-order valence-corrected chi connectivity index (χ3v) is 4.35. The molecule has 0 N–H and O–H groups in total. The summed E-state index contributed by atoms with van der Waals surface area (Å²) in [6.07, 6.45) is 1.23. The first-order valence-electron chi connectivity index (χ1n) is 5.97. The second kappa shape index (κ2) is 4.72. The zero-order chi connectivity index (χ0) is 14.2. The minimum atomic E-state index is -3.64. The van der Waals surface area contributed by atoms with E-state index in [0.717, 1.165) is 0 Å². The largest absolute Gasteiger partial charge is 0.326 e. The molecule has 6 heteroatoms. The zero-order valence-electron chi connectivity index (χ0n) is 10.4. The number of benzene rings is 2. The molecule has 0 saturated heterocycles. The number of halogens is 1. The molecule has 0 atom stereocenters. The summed E-state index contributed by atoms with van der Waals surface area (Å²) in [5.74, 6) is -0.327. The molecule has 102 valence electrons. The first-order chi connectivity index (χ1) is 9.58. The lowest BCUT2D eigenvalue weighted by Gasteiger charge is -2.25. The van der Waals surface area contributed by atoms with Crippen molar-refractivity contribution in [2.24, 2.45) is 4.40 Å². The SMILES string of the molecule is O=S1(=O)N=CN(Cc2ccccc2F)c2ccccc21. The molecule has 0 spiro atoms. The predicted octanol–water partition coefficient (Wildman–Crippen LogP) is 2.56. The predicted molar refractivity (Wildman–Crippen MR) is 74.7 cm³/mol. The van der Waals surface area contributed by atoms with Gasteiger partial charge in [-0.25, -0.2) is 4.39 Å². The molecule has 1 aliphatic heterocycles. The van der Waals surface area contributed by atoms with Crippen molar-refractivity contribution >= 4 is 22.0 Å². The maximum Gasteiger partial charge on any atom is 0.285 e. The van der Waals surface area contributed by atoms with E-state index in [0.29, 0.717) is 11.3 Å². The average molecular weight is 290 g/mol. The Balaban J connectivity index is 2.03. The van der Waals surface area contributed by atoms with Crippen LogP contribution in [0.4, 0.5) is 10.1 Å². The van der Waals surface area contributed by atoms with Gasteiger partial charge in [0, 0.05) is 5.56 Å². The van der Waals surface area contributed by atoms with E-state index < -0.39 is 10.0 Å². The van der Waals surface area contributed by atoms with Crippen molar-refractivity contribution in [3.05, 3.63) is 59.9 Å². The topological polar surface area (TPSA) is 49.7 Å². The number of sulfonamides is 1. The van der Waals surface area contributed by atoms with E-state index in [4.69, 9.17) is 0 Å². The smallest absolute Gasteiger partial charge is 0.285 e. The fraction of sp³-hybridized carbons (Fsp3) is 0.0714. The van der Waals surface area contributed by atoms with Crippen LogP contribution < -0.4 is 4.90 Å². The number of nitrogens with zero attached hydrogens (tertiary/aromatic N) is 2. The van der Waals surface area contributed by atoms with Crippen molar-refractivity contribution in [2.75, 3.05) is 4.90 Å². The van der Waals surface area contributed by atoms with Gasteiger partial charge in [0.15, 0.2) is 0 Å². The molecule has 0 fully saturated rings. The molecule has 0 radical (unpaired) electrons. The summed E-state index contributed by atoms with van der Waals surface area (Å²) >= 11 is 0. The molecule has 1 aliphatic rings. The highest BCUT2D eigenvalue weighted by Crippen LogP contribution is 2.30. The van der Waals surface area contributed by atoms with Gasteiger partial charge in [-0.2, -0.15) is 8.42 Å². The van der Waals surface area contributed by atoms with Crippen LogP contribution in [0.15, 0.2) is 57.8 Å². The Hall–Kier alpha value is -2.21. The maximum absolute atomic E-state index is 13.7. The summed E-state index contributed by atoms with van der Waals surface area (Å²) in [6.45, 7) is 0.225. The Morgan fingerprint density at radius 3 is 2.55 bits per heavy atom. The van der Waals surface area contributed by atoms with Gasteiger partial charge in [0.25, 0.3) is 10.0 Å². The van der Waals surface area contributed by atoms with Crippen molar-refractivity contribution in [1.29, 1.82) is 0 Å². The Bertz CT molecular complexity index is 787. The number of fused-ring (bicyclic) bond motifs is 1. The minimum Gasteiger partial charge on any atom is -0.326 e. The number of hydrogen-bond donors (Lipinski definition) is 0. The lowest BCUT2D eigenvalue weighted by molar-refractivity contribution is 0.596. The van der Waals surface area contributed by atoms with Gasteiger partial charge in [0.05, 0.1) is 12.2 Å². The van der Waals surface area contributed by atoms with Gasteiger partial charge in [-0.05, 0) is 18.2 Å². The molecule has 20 heavy (non-hydrogen) atoms. The molecule has 0 bridgehead atoms. The molecular formula is C14H11FN2O2S. The van der Waals surface area contributed by atoms with Crippen LogP contribution in [0.1, 0.15) is 5.56 Å². The number of rotatable bonds is 2. The molecule has 0 aromatic heterocycles. The molecule has 2 aromatic carbocycles. The third-order valence-electron chi connectivity index (χ3n) is 3.08. The lowest BCUT2D eigenvalue weighted by atomic mass is 10.2. The summed E-state index contributed by atoms with van der Waals surface area (Å²) in [4.78, 5) is 1.76. The summed E-state index contributed by atoms with van der Waals surface area (Å²) in [6, 6.07) is 12.9. The van der Waals surface area contributed by atoms with E-state index in [-0.39, 0.29) is 17.3 Å². The maximum atomic E-state index is 13.7. The molecular weight excluding hydrogens is 279 g/mol. The van der Waals surface area contributed by atoms with Crippen LogP contribution in [0, 0.1) is 5.82 Å². The van der Waals surface area contributed by atoms with E-state index in [9.17, 15) is 12.8 Å². The van der Waals surface area contributed by atoms with Crippen LogP contribution in [-0.2, 0) is 16.6 Å². The van der Waals surface area contributed by atoms with Crippen LogP contribution in [0.5, 0.6) is 0 Å². The monoisotopic (exact) mass is 290 g/mol. The summed E-state index contributed by atoms with van der Waals surface area (Å²) < 4.78 is 40.9. The van der Waals surface area contributed by atoms with E-state index in [1.807, 2.05) is 0 Å². The van der Waals surface area contributed by atoms with Gasteiger partial charge >= 0.3 is 0 Å². The first kappa shape index (κ1) is 12.8. The highest BCUT2D eigenvalue weighted by molar-refractivity contribution is 7.90. The normalized spacial score (nSPS) is 15.9. The van der Waals surface area contributed by atoms with Crippen molar-refractivity contribution in [1.82, 2.24) is 0 Å². The van der Waals surface area contributed by atoms with Crippen molar-refractivity contribution < 1.29 is 12.8 Å².